The van der Waals surface area contributed by atoms with E-state index < -0.39 is 26.6 Å². The molecule has 0 amide bonds. The summed E-state index contributed by atoms with van der Waals surface area (Å²) in [4.78, 5) is -0.483. The summed E-state index contributed by atoms with van der Waals surface area (Å²) in [6, 6.07) is 1.57. The van der Waals surface area contributed by atoms with Crippen LogP contribution in [-0.4, -0.2) is 39.4 Å². The van der Waals surface area contributed by atoms with Crippen LogP contribution >= 0.6 is 15.9 Å². The third-order valence-corrected chi connectivity index (χ3v) is 6.18. The fourth-order valence-corrected chi connectivity index (χ4v) is 4.52. The Morgan fingerprint density at radius 1 is 1.29 bits per heavy atom. The highest BCUT2D eigenvalue weighted by Gasteiger charge is 2.31. The Balaban J connectivity index is 2.22. The predicted molar refractivity (Wildman–Crippen MR) is 79.5 cm³/mol. The Hall–Kier alpha value is -0.570. The number of hydrogen-bond donors (Lipinski definition) is 1. The van der Waals surface area contributed by atoms with Crippen molar-refractivity contribution in [3.8, 4) is 0 Å². The van der Waals surface area contributed by atoms with Crippen LogP contribution < -0.4 is 5.32 Å². The highest BCUT2D eigenvalue weighted by Crippen LogP contribution is 2.28. The molecule has 0 aliphatic carbocycles. The molecule has 1 aromatic rings. The summed E-state index contributed by atoms with van der Waals surface area (Å²) in [5.74, 6) is -1.46. The molecule has 21 heavy (non-hydrogen) atoms. The van der Waals surface area contributed by atoms with E-state index in [4.69, 9.17) is 0 Å². The van der Waals surface area contributed by atoms with Crippen LogP contribution in [0.25, 0.3) is 0 Å². The molecule has 0 radical (unpaired) electrons. The van der Waals surface area contributed by atoms with Gasteiger partial charge >= 0.3 is 0 Å². The molecule has 4 nitrogen and oxygen atoms in total. The summed E-state index contributed by atoms with van der Waals surface area (Å²) < 4.78 is 53.2. The van der Waals surface area contributed by atoms with Gasteiger partial charge in [-0.15, -0.1) is 0 Å². The van der Waals surface area contributed by atoms with Crippen LogP contribution in [0.3, 0.4) is 0 Å². The molecule has 0 bridgehead atoms. The standard InChI is InChI=1S/C13H17BrF2N2O2S/c1-17-8-9-2-4-18(5-3-9)21(19,20)13-6-10(14)11(15)7-12(13)16/h6-7,9,17H,2-5,8H2,1H3. The van der Waals surface area contributed by atoms with Crippen molar-refractivity contribution in [3.63, 3.8) is 0 Å². The smallest absolute Gasteiger partial charge is 0.246 e. The van der Waals surface area contributed by atoms with Gasteiger partial charge in [-0.3, -0.25) is 0 Å². The molecule has 1 N–H and O–H groups in total. The predicted octanol–water partition coefficient (Wildman–Crippen LogP) is 2.35. The van der Waals surface area contributed by atoms with Crippen LogP contribution in [0.1, 0.15) is 12.8 Å². The van der Waals surface area contributed by atoms with E-state index in [-0.39, 0.29) is 4.47 Å². The topological polar surface area (TPSA) is 49.4 Å². The zero-order valence-corrected chi connectivity index (χ0v) is 14.0. The van der Waals surface area contributed by atoms with Crippen molar-refractivity contribution in [1.29, 1.82) is 0 Å². The molecule has 118 valence electrons. The molecule has 1 aliphatic heterocycles. The van der Waals surface area contributed by atoms with Crippen LogP contribution in [0.5, 0.6) is 0 Å². The lowest BCUT2D eigenvalue weighted by Crippen LogP contribution is -2.40. The largest absolute Gasteiger partial charge is 0.319 e. The normalized spacial score (nSPS) is 18.1. The molecule has 2 rings (SSSR count). The van der Waals surface area contributed by atoms with Crippen LogP contribution in [0.2, 0.25) is 0 Å². The molecule has 1 aromatic carbocycles. The van der Waals surface area contributed by atoms with E-state index in [0.29, 0.717) is 25.1 Å². The molecule has 0 unspecified atom stereocenters. The van der Waals surface area contributed by atoms with Gasteiger partial charge in [-0.05, 0) is 54.3 Å². The van der Waals surface area contributed by atoms with Gasteiger partial charge in [-0.2, -0.15) is 4.31 Å². The summed E-state index contributed by atoms with van der Waals surface area (Å²) >= 11 is 2.89. The molecule has 0 aromatic heterocycles. The third kappa shape index (κ3) is 3.61. The monoisotopic (exact) mass is 382 g/mol. The average molecular weight is 383 g/mol. The number of nitrogens with zero attached hydrogens (tertiary/aromatic N) is 1. The second-order valence-electron chi connectivity index (χ2n) is 5.10. The van der Waals surface area contributed by atoms with Gasteiger partial charge in [-0.1, -0.05) is 0 Å². The van der Waals surface area contributed by atoms with Crippen molar-refractivity contribution < 1.29 is 17.2 Å². The quantitative estimate of drug-likeness (QED) is 0.813. The van der Waals surface area contributed by atoms with Crippen LogP contribution in [0.15, 0.2) is 21.5 Å². The second-order valence-corrected chi connectivity index (χ2v) is 7.86. The van der Waals surface area contributed by atoms with E-state index in [1.165, 1.54) is 4.31 Å². The number of benzene rings is 1. The number of nitrogens with one attached hydrogen (secondary N) is 1. The molecule has 0 spiro atoms. The summed E-state index contributed by atoms with van der Waals surface area (Å²) in [5, 5.41) is 3.07. The highest BCUT2D eigenvalue weighted by atomic mass is 79.9. The Kier molecular flexibility index (Phi) is 5.34. The summed E-state index contributed by atoms with van der Waals surface area (Å²) in [6.45, 7) is 1.54. The number of piperidine rings is 1. The fraction of sp³-hybridized carbons (Fsp3) is 0.538. The number of rotatable bonds is 4. The van der Waals surface area contributed by atoms with Crippen molar-refractivity contribution in [2.45, 2.75) is 17.7 Å². The molecule has 8 heteroatoms. The lowest BCUT2D eigenvalue weighted by molar-refractivity contribution is 0.270. The van der Waals surface area contributed by atoms with Crippen molar-refractivity contribution in [2.75, 3.05) is 26.7 Å². The highest BCUT2D eigenvalue weighted by molar-refractivity contribution is 9.10. The first-order valence-electron chi connectivity index (χ1n) is 6.65. The van der Waals surface area contributed by atoms with Crippen molar-refractivity contribution in [2.24, 2.45) is 5.92 Å². The molecular weight excluding hydrogens is 366 g/mol. The molecule has 1 heterocycles. The molecule has 1 fully saturated rings. The van der Waals surface area contributed by atoms with Gasteiger partial charge in [0.25, 0.3) is 0 Å². The first-order chi connectivity index (χ1) is 9.86. The zero-order chi connectivity index (χ0) is 15.6. The first-order valence-corrected chi connectivity index (χ1v) is 8.89. The second kappa shape index (κ2) is 6.68. The molecule has 0 saturated carbocycles. The lowest BCUT2D eigenvalue weighted by atomic mass is 9.98. The molecular formula is C13H17BrF2N2O2S. The van der Waals surface area contributed by atoms with Gasteiger partial charge in [-0.25, -0.2) is 17.2 Å². The maximum Gasteiger partial charge on any atom is 0.246 e. The van der Waals surface area contributed by atoms with Crippen molar-refractivity contribution in [3.05, 3.63) is 28.2 Å². The summed E-state index contributed by atoms with van der Waals surface area (Å²) in [7, 11) is -2.07. The number of halogens is 3. The summed E-state index contributed by atoms with van der Waals surface area (Å²) in [5.41, 5.74) is 0. The Bertz CT molecular complexity index is 617. The summed E-state index contributed by atoms with van der Waals surface area (Å²) in [6.07, 6.45) is 1.45. The Labute approximate surface area is 131 Å². The number of sulfonamides is 1. The van der Waals surface area contributed by atoms with Crippen LogP contribution in [-0.2, 0) is 10.0 Å². The van der Waals surface area contributed by atoms with E-state index in [0.717, 1.165) is 25.5 Å². The van der Waals surface area contributed by atoms with Crippen LogP contribution in [0, 0.1) is 17.6 Å². The Morgan fingerprint density at radius 2 is 1.90 bits per heavy atom. The maximum absolute atomic E-state index is 13.8. The van der Waals surface area contributed by atoms with Gasteiger partial charge in [0.1, 0.15) is 16.5 Å². The van der Waals surface area contributed by atoms with Gasteiger partial charge in [0.15, 0.2) is 0 Å². The average Bonchev–Trinajstić information content (AvgIpc) is 2.43. The van der Waals surface area contributed by atoms with Gasteiger partial charge in [0.05, 0.1) is 4.47 Å². The SMILES string of the molecule is CNCC1CCN(S(=O)(=O)c2cc(Br)c(F)cc2F)CC1. The zero-order valence-electron chi connectivity index (χ0n) is 11.6. The van der Waals surface area contributed by atoms with Gasteiger partial charge in [0.2, 0.25) is 10.0 Å². The maximum atomic E-state index is 13.8. The third-order valence-electron chi connectivity index (χ3n) is 3.66. The lowest BCUT2D eigenvalue weighted by Gasteiger charge is -2.31. The van der Waals surface area contributed by atoms with Gasteiger partial charge < -0.3 is 5.32 Å². The minimum atomic E-state index is -3.93. The minimum Gasteiger partial charge on any atom is -0.319 e. The fourth-order valence-electron chi connectivity index (χ4n) is 2.48. The van der Waals surface area contributed by atoms with Gasteiger partial charge in [0, 0.05) is 19.2 Å². The van der Waals surface area contributed by atoms with E-state index in [9.17, 15) is 17.2 Å². The minimum absolute atomic E-state index is 0.0625. The van der Waals surface area contributed by atoms with Crippen molar-refractivity contribution >= 4 is 26.0 Å². The van der Waals surface area contributed by atoms with Crippen molar-refractivity contribution in [1.82, 2.24) is 9.62 Å². The molecule has 1 saturated heterocycles. The van der Waals surface area contributed by atoms with Crippen LogP contribution in [0.4, 0.5) is 8.78 Å². The number of hydrogen-bond acceptors (Lipinski definition) is 3. The van der Waals surface area contributed by atoms with E-state index in [1.54, 1.807) is 0 Å². The van der Waals surface area contributed by atoms with E-state index >= 15 is 0 Å². The molecule has 1 aliphatic rings. The van der Waals surface area contributed by atoms with E-state index in [1.807, 2.05) is 7.05 Å². The molecule has 0 atom stereocenters. The van der Waals surface area contributed by atoms with E-state index in [2.05, 4.69) is 21.2 Å². The first kappa shape index (κ1) is 16.8. The Morgan fingerprint density at radius 3 is 2.48 bits per heavy atom.